The molecule has 0 aliphatic carbocycles. The minimum Gasteiger partial charge on any atom is -0.485 e. The molecule has 1 aromatic heterocycles. The Balaban J connectivity index is 1.67. The molecular weight excluding hydrogens is 338 g/mol. The van der Waals surface area contributed by atoms with Crippen molar-refractivity contribution in [3.8, 4) is 5.75 Å². The number of nitrogens with zero attached hydrogens (tertiary/aromatic N) is 1. The van der Waals surface area contributed by atoms with Gasteiger partial charge >= 0.3 is 5.97 Å². The van der Waals surface area contributed by atoms with Gasteiger partial charge in [-0.2, -0.15) is 0 Å². The van der Waals surface area contributed by atoms with Crippen LogP contribution in [-0.2, 0) is 16.1 Å². The molecule has 0 radical (unpaired) electrons. The summed E-state index contributed by atoms with van der Waals surface area (Å²) in [4.78, 5) is 25.1. The number of carbonyl (C=O) groups excluding carboxylic acids is 1. The van der Waals surface area contributed by atoms with E-state index < -0.39 is 17.9 Å². The predicted molar refractivity (Wildman–Crippen MR) is 92.2 cm³/mol. The molecule has 3 rings (SSSR count). The number of carboxylic acid groups (broad SMARTS) is 1. The summed E-state index contributed by atoms with van der Waals surface area (Å²) in [6.45, 7) is 4.65. The molecule has 1 N–H and O–H groups in total. The highest BCUT2D eigenvalue weighted by Gasteiger charge is 2.34. The highest BCUT2D eigenvalue weighted by Crippen LogP contribution is 2.21. The Kier molecular flexibility index (Phi) is 5.27. The number of carboxylic acids is 1. The first-order valence-electron chi connectivity index (χ1n) is 8.36. The maximum Gasteiger partial charge on any atom is 0.328 e. The van der Waals surface area contributed by atoms with Crippen molar-refractivity contribution in [1.82, 2.24) is 4.90 Å². The van der Waals surface area contributed by atoms with Gasteiger partial charge in [-0.15, -0.1) is 0 Å². The molecular formula is C19H21NO6. The van der Waals surface area contributed by atoms with E-state index in [4.69, 9.17) is 13.9 Å². The van der Waals surface area contributed by atoms with Gasteiger partial charge in [-0.25, -0.2) is 4.79 Å². The quantitative estimate of drug-likeness (QED) is 0.882. The first kappa shape index (κ1) is 18.0. The lowest BCUT2D eigenvalue weighted by Crippen LogP contribution is -2.52. The van der Waals surface area contributed by atoms with Crippen LogP contribution in [0.25, 0.3) is 0 Å². The Bertz CT molecular complexity index is 812. The van der Waals surface area contributed by atoms with E-state index in [2.05, 4.69) is 0 Å². The second-order valence-electron chi connectivity index (χ2n) is 6.25. The van der Waals surface area contributed by atoms with Gasteiger partial charge in [-0.05, 0) is 37.6 Å². The maximum atomic E-state index is 12.6. The van der Waals surface area contributed by atoms with Crippen LogP contribution in [0.2, 0.25) is 0 Å². The maximum absolute atomic E-state index is 12.6. The Morgan fingerprint density at radius 1 is 1.27 bits per heavy atom. The summed E-state index contributed by atoms with van der Waals surface area (Å²) < 4.78 is 16.5. The van der Waals surface area contributed by atoms with Gasteiger partial charge in [0.15, 0.2) is 11.8 Å². The molecule has 138 valence electrons. The molecule has 2 aromatic rings. The van der Waals surface area contributed by atoms with Gasteiger partial charge in [-0.3, -0.25) is 4.79 Å². The third-order valence-corrected chi connectivity index (χ3v) is 4.25. The molecule has 0 bridgehead atoms. The van der Waals surface area contributed by atoms with Crippen LogP contribution in [0, 0.1) is 13.8 Å². The lowest BCUT2D eigenvalue weighted by Gasteiger charge is -2.32. The molecule has 0 unspecified atom stereocenters. The van der Waals surface area contributed by atoms with E-state index in [-0.39, 0.29) is 25.5 Å². The zero-order valence-corrected chi connectivity index (χ0v) is 14.7. The number of ether oxygens (including phenoxy) is 2. The number of amides is 1. The third kappa shape index (κ3) is 3.88. The first-order chi connectivity index (χ1) is 12.5. The van der Waals surface area contributed by atoms with Gasteiger partial charge in [0.25, 0.3) is 5.91 Å². The number of morpholine rings is 1. The number of aryl methyl sites for hydroxylation is 2. The van der Waals surface area contributed by atoms with E-state index in [0.29, 0.717) is 12.4 Å². The highest BCUT2D eigenvalue weighted by atomic mass is 16.5. The van der Waals surface area contributed by atoms with Crippen LogP contribution in [0.4, 0.5) is 0 Å². The molecule has 1 atom stereocenters. The number of furan rings is 1. The van der Waals surface area contributed by atoms with Crippen LogP contribution in [-0.4, -0.2) is 47.7 Å². The summed E-state index contributed by atoms with van der Waals surface area (Å²) in [6, 6.07) is 8.08. The smallest absolute Gasteiger partial charge is 0.328 e. The van der Waals surface area contributed by atoms with E-state index in [1.54, 1.807) is 6.07 Å². The van der Waals surface area contributed by atoms with Crippen molar-refractivity contribution in [2.75, 3.05) is 19.8 Å². The van der Waals surface area contributed by atoms with Gasteiger partial charge in [-0.1, -0.05) is 17.7 Å². The third-order valence-electron chi connectivity index (χ3n) is 4.25. The summed E-state index contributed by atoms with van der Waals surface area (Å²) in [5.41, 5.74) is 2.17. The molecule has 1 saturated heterocycles. The van der Waals surface area contributed by atoms with Crippen LogP contribution >= 0.6 is 0 Å². The van der Waals surface area contributed by atoms with Gasteiger partial charge in [0.1, 0.15) is 18.1 Å². The van der Waals surface area contributed by atoms with E-state index in [9.17, 15) is 14.7 Å². The Labute approximate surface area is 151 Å². The number of carbonyl (C=O) groups is 2. The van der Waals surface area contributed by atoms with Crippen LogP contribution in [0.1, 0.15) is 27.4 Å². The van der Waals surface area contributed by atoms with Crippen LogP contribution in [0.5, 0.6) is 5.75 Å². The molecule has 2 heterocycles. The van der Waals surface area contributed by atoms with Gasteiger partial charge in [0.2, 0.25) is 0 Å². The molecule has 1 aliphatic heterocycles. The monoisotopic (exact) mass is 359 g/mol. The van der Waals surface area contributed by atoms with E-state index in [1.165, 1.54) is 11.0 Å². The average Bonchev–Trinajstić information content (AvgIpc) is 3.09. The second kappa shape index (κ2) is 7.61. The Morgan fingerprint density at radius 3 is 2.81 bits per heavy atom. The van der Waals surface area contributed by atoms with Crippen molar-refractivity contribution >= 4 is 11.9 Å². The van der Waals surface area contributed by atoms with Crippen LogP contribution in [0.15, 0.2) is 34.7 Å². The number of benzene rings is 1. The first-order valence-corrected chi connectivity index (χ1v) is 8.36. The lowest BCUT2D eigenvalue weighted by molar-refractivity contribution is -0.147. The SMILES string of the molecule is Cc1ccc(OCc2ccc(C(=O)N3CCOC[C@H]3C(=O)O)o2)c(C)c1. The second-order valence-corrected chi connectivity index (χ2v) is 6.25. The predicted octanol–water partition coefficient (Wildman–Crippen LogP) is 2.40. The number of rotatable bonds is 5. The molecule has 1 aliphatic rings. The molecule has 0 saturated carbocycles. The van der Waals surface area contributed by atoms with Crippen molar-refractivity contribution in [1.29, 1.82) is 0 Å². The van der Waals surface area contributed by atoms with Crippen molar-refractivity contribution < 1.29 is 28.6 Å². The van der Waals surface area contributed by atoms with Crippen LogP contribution in [0.3, 0.4) is 0 Å². The van der Waals surface area contributed by atoms with Gasteiger partial charge in [0.05, 0.1) is 13.2 Å². The minimum absolute atomic E-state index is 0.0234. The zero-order valence-electron chi connectivity index (χ0n) is 14.7. The minimum atomic E-state index is -1.09. The van der Waals surface area contributed by atoms with Crippen molar-refractivity contribution in [3.63, 3.8) is 0 Å². The van der Waals surface area contributed by atoms with Crippen LogP contribution < -0.4 is 4.74 Å². The van der Waals surface area contributed by atoms with Crippen molar-refractivity contribution in [3.05, 3.63) is 53.0 Å². The molecule has 1 aromatic carbocycles. The van der Waals surface area contributed by atoms with E-state index >= 15 is 0 Å². The molecule has 7 nitrogen and oxygen atoms in total. The molecule has 1 fully saturated rings. The Hall–Kier alpha value is -2.80. The fourth-order valence-corrected chi connectivity index (χ4v) is 2.87. The summed E-state index contributed by atoms with van der Waals surface area (Å²) >= 11 is 0. The molecule has 1 amide bonds. The molecule has 26 heavy (non-hydrogen) atoms. The van der Waals surface area contributed by atoms with Gasteiger partial charge < -0.3 is 23.9 Å². The zero-order chi connectivity index (χ0) is 18.7. The number of hydrogen-bond donors (Lipinski definition) is 1. The van der Waals surface area contributed by atoms with E-state index in [0.717, 1.165) is 16.9 Å². The number of hydrogen-bond acceptors (Lipinski definition) is 5. The largest absolute Gasteiger partial charge is 0.485 e. The fraction of sp³-hybridized carbons (Fsp3) is 0.368. The van der Waals surface area contributed by atoms with Gasteiger partial charge in [0, 0.05) is 6.54 Å². The Morgan fingerprint density at radius 2 is 2.08 bits per heavy atom. The summed E-state index contributed by atoms with van der Waals surface area (Å²) in [5.74, 6) is -0.216. The normalized spacial score (nSPS) is 17.2. The summed E-state index contributed by atoms with van der Waals surface area (Å²) in [5, 5.41) is 9.24. The van der Waals surface area contributed by atoms with Crippen molar-refractivity contribution in [2.45, 2.75) is 26.5 Å². The molecule has 7 heteroatoms. The summed E-state index contributed by atoms with van der Waals surface area (Å²) in [6.07, 6.45) is 0. The highest BCUT2D eigenvalue weighted by molar-refractivity contribution is 5.94. The average molecular weight is 359 g/mol. The van der Waals surface area contributed by atoms with Crippen molar-refractivity contribution in [2.24, 2.45) is 0 Å². The number of aliphatic carboxylic acids is 1. The van der Waals surface area contributed by atoms with E-state index in [1.807, 2.05) is 32.0 Å². The topological polar surface area (TPSA) is 89.2 Å². The molecule has 0 spiro atoms. The fourth-order valence-electron chi connectivity index (χ4n) is 2.87. The standard InChI is InChI=1S/C19H21NO6/c1-12-3-5-16(13(2)9-12)25-10-14-4-6-17(26-14)18(21)20-7-8-24-11-15(20)19(22)23/h3-6,9,15H,7-8,10-11H2,1-2H3,(H,22,23)/t15-/m0/s1. The summed E-state index contributed by atoms with van der Waals surface area (Å²) in [7, 11) is 0. The lowest BCUT2D eigenvalue weighted by atomic mass is 10.1.